The summed E-state index contributed by atoms with van der Waals surface area (Å²) in [5, 5.41) is 8.58. The van der Waals surface area contributed by atoms with Gasteiger partial charge in [-0.2, -0.15) is 5.26 Å². The van der Waals surface area contributed by atoms with E-state index in [2.05, 4.69) is 29.9 Å². The summed E-state index contributed by atoms with van der Waals surface area (Å²) in [6.07, 6.45) is 7.31. The van der Waals surface area contributed by atoms with Crippen LogP contribution in [0.5, 0.6) is 0 Å². The summed E-state index contributed by atoms with van der Waals surface area (Å²) in [6.45, 7) is 10.2. The Morgan fingerprint density at radius 2 is 1.83 bits per heavy atom. The van der Waals surface area contributed by atoms with Gasteiger partial charge in [-0.3, -0.25) is 4.79 Å². The summed E-state index contributed by atoms with van der Waals surface area (Å²) in [5.41, 5.74) is 12.0. The number of pyridine rings is 1. The standard InChI is InChI=1S/C17H23N5O2S.C9H17N/c1-17(2,3)22(4)25(24)12-7-5-11(6-8-12)21-15(19)14-13(18)9-10-20-16(14)23;1-3-5-6-7-9(4-2)8-10/h5-10H,1-4H3,(H2,19,21)(H3,18,20,23);9H,3-7H2,1-2H3/t;9-/m.1/s1. The average Bonchev–Trinajstić information content (AvgIpc) is 2.81. The van der Waals surface area contributed by atoms with E-state index in [1.54, 1.807) is 34.6 Å². The van der Waals surface area contributed by atoms with Gasteiger partial charge in [0.15, 0.2) is 0 Å². The molecule has 0 saturated heterocycles. The lowest BCUT2D eigenvalue weighted by Crippen LogP contribution is -2.39. The van der Waals surface area contributed by atoms with Gasteiger partial charge >= 0.3 is 0 Å². The Balaban J connectivity index is 0.000000518. The van der Waals surface area contributed by atoms with E-state index in [-0.39, 0.29) is 22.6 Å². The molecule has 0 saturated carbocycles. The van der Waals surface area contributed by atoms with E-state index < -0.39 is 16.5 Å². The first-order valence-electron chi connectivity index (χ1n) is 11.9. The largest absolute Gasteiger partial charge is 0.398 e. The number of hydrogen-bond donors (Lipinski definition) is 3. The zero-order chi connectivity index (χ0) is 26.6. The minimum absolute atomic E-state index is 0.0278. The molecule has 9 heteroatoms. The number of nitrogens with two attached hydrogens (primary N) is 2. The van der Waals surface area contributed by atoms with E-state index in [0.29, 0.717) is 16.5 Å². The Morgan fingerprint density at radius 1 is 1.20 bits per heavy atom. The highest BCUT2D eigenvalue weighted by atomic mass is 32.2. The summed E-state index contributed by atoms with van der Waals surface area (Å²) in [6, 6.07) is 10.7. The lowest BCUT2D eigenvalue weighted by Gasteiger charge is -2.30. The second kappa shape index (κ2) is 14.4. The van der Waals surface area contributed by atoms with Crippen molar-refractivity contribution in [3.8, 4) is 6.07 Å². The van der Waals surface area contributed by atoms with Crippen LogP contribution in [-0.2, 0) is 11.0 Å². The molecule has 1 unspecified atom stereocenters. The average molecular weight is 501 g/mol. The van der Waals surface area contributed by atoms with Crippen LogP contribution in [0.25, 0.3) is 0 Å². The molecule has 0 aliphatic heterocycles. The fraction of sp³-hybridized carbons (Fsp3) is 0.500. The number of unbranched alkanes of at least 4 members (excludes halogenated alkanes) is 2. The molecular weight excluding hydrogens is 460 g/mol. The molecule has 1 aromatic heterocycles. The van der Waals surface area contributed by atoms with Crippen LogP contribution in [0.3, 0.4) is 0 Å². The SMILES string of the molecule is CCCCC[C@H](C#N)CC.CN(S(=O)c1ccc(N=C(N)c2c(N)cc[nH]c2=O)cc1)C(C)(C)C. The molecule has 0 spiro atoms. The molecule has 5 N–H and O–H groups in total. The molecule has 0 aliphatic rings. The zero-order valence-corrected chi connectivity index (χ0v) is 22.6. The van der Waals surface area contributed by atoms with Gasteiger partial charge in [0, 0.05) is 30.4 Å². The van der Waals surface area contributed by atoms with Gasteiger partial charge in [-0.1, -0.05) is 33.1 Å². The summed E-state index contributed by atoms with van der Waals surface area (Å²) >= 11 is 0. The summed E-state index contributed by atoms with van der Waals surface area (Å²) < 4.78 is 14.3. The molecule has 0 bridgehead atoms. The van der Waals surface area contributed by atoms with E-state index in [9.17, 15) is 9.00 Å². The van der Waals surface area contributed by atoms with Crippen LogP contribution in [0.1, 0.15) is 72.3 Å². The van der Waals surface area contributed by atoms with Crippen molar-refractivity contribution in [2.24, 2.45) is 16.6 Å². The van der Waals surface area contributed by atoms with Crippen molar-refractivity contribution in [3.63, 3.8) is 0 Å². The number of aliphatic imine (C=N–C) groups is 1. The van der Waals surface area contributed by atoms with E-state index in [4.69, 9.17) is 16.7 Å². The smallest absolute Gasteiger partial charge is 0.261 e. The number of amidine groups is 1. The molecule has 0 fully saturated rings. The van der Waals surface area contributed by atoms with Crippen molar-refractivity contribution >= 4 is 28.2 Å². The van der Waals surface area contributed by atoms with Crippen LogP contribution in [0.15, 0.2) is 51.2 Å². The third-order valence-corrected chi connectivity index (χ3v) is 7.28. The summed E-state index contributed by atoms with van der Waals surface area (Å²) in [4.78, 5) is 19.2. The molecule has 2 atom stereocenters. The van der Waals surface area contributed by atoms with Gasteiger partial charge in [-0.25, -0.2) is 13.5 Å². The molecule has 2 aromatic rings. The van der Waals surface area contributed by atoms with Crippen LogP contribution in [0.2, 0.25) is 0 Å². The van der Waals surface area contributed by atoms with Crippen molar-refractivity contribution in [1.82, 2.24) is 9.29 Å². The number of hydrogen-bond acceptors (Lipinski definition) is 5. The molecule has 192 valence electrons. The van der Waals surface area contributed by atoms with E-state index >= 15 is 0 Å². The predicted octanol–water partition coefficient (Wildman–Crippen LogP) is 4.86. The molecule has 1 aromatic carbocycles. The Morgan fingerprint density at radius 3 is 2.31 bits per heavy atom. The van der Waals surface area contributed by atoms with Crippen LogP contribution >= 0.6 is 0 Å². The molecule has 2 rings (SSSR count). The number of rotatable bonds is 9. The Hall–Kier alpha value is -2.96. The third-order valence-electron chi connectivity index (χ3n) is 5.56. The molecule has 0 aliphatic carbocycles. The number of nitrogens with zero attached hydrogens (tertiary/aromatic N) is 3. The van der Waals surface area contributed by atoms with Crippen molar-refractivity contribution in [3.05, 3.63) is 52.4 Å². The fourth-order valence-corrected chi connectivity index (χ4v) is 4.18. The maximum atomic E-state index is 12.6. The van der Waals surface area contributed by atoms with E-state index in [1.165, 1.54) is 25.5 Å². The Kier molecular flexibility index (Phi) is 12.4. The number of nitrogen functional groups attached to an aromatic ring is 1. The molecule has 35 heavy (non-hydrogen) atoms. The lowest BCUT2D eigenvalue weighted by atomic mass is 10.0. The van der Waals surface area contributed by atoms with E-state index in [1.807, 2.05) is 27.8 Å². The fourth-order valence-electron chi connectivity index (χ4n) is 3.00. The summed E-state index contributed by atoms with van der Waals surface area (Å²) in [5.74, 6) is 0.339. The van der Waals surface area contributed by atoms with Crippen LogP contribution in [0.4, 0.5) is 11.4 Å². The number of benzene rings is 1. The van der Waals surface area contributed by atoms with Crippen molar-refractivity contribution < 1.29 is 4.21 Å². The highest BCUT2D eigenvalue weighted by Gasteiger charge is 2.23. The highest BCUT2D eigenvalue weighted by Crippen LogP contribution is 2.22. The molecular formula is C26H40N6O2S. The van der Waals surface area contributed by atoms with Gasteiger partial charge in [-0.15, -0.1) is 0 Å². The number of nitrogens with one attached hydrogen (secondary N) is 1. The number of aromatic amines is 1. The van der Waals surface area contributed by atoms with E-state index in [0.717, 1.165) is 12.8 Å². The molecule has 0 radical (unpaired) electrons. The molecule has 0 amide bonds. The van der Waals surface area contributed by atoms with Crippen molar-refractivity contribution in [2.75, 3.05) is 12.8 Å². The van der Waals surface area contributed by atoms with Gasteiger partial charge in [0.2, 0.25) is 0 Å². The lowest BCUT2D eigenvalue weighted by molar-refractivity contribution is 0.307. The number of anilines is 1. The zero-order valence-electron chi connectivity index (χ0n) is 21.8. The monoisotopic (exact) mass is 500 g/mol. The third kappa shape index (κ3) is 9.67. The normalized spacial score (nSPS) is 13.5. The summed E-state index contributed by atoms with van der Waals surface area (Å²) in [7, 11) is 0.527. The second-order valence-corrected chi connectivity index (χ2v) is 10.8. The first-order chi connectivity index (χ1) is 16.5. The van der Waals surface area contributed by atoms with Gasteiger partial charge in [-0.05, 0) is 63.9 Å². The van der Waals surface area contributed by atoms with Gasteiger partial charge in [0.25, 0.3) is 5.56 Å². The maximum Gasteiger partial charge on any atom is 0.261 e. The minimum atomic E-state index is -1.28. The van der Waals surface area contributed by atoms with Crippen LogP contribution in [-0.4, -0.2) is 31.9 Å². The number of H-pyrrole nitrogens is 1. The quantitative estimate of drug-likeness (QED) is 0.256. The minimum Gasteiger partial charge on any atom is -0.398 e. The first kappa shape index (κ1) is 30.1. The van der Waals surface area contributed by atoms with Crippen LogP contribution in [0, 0.1) is 17.2 Å². The first-order valence-corrected chi connectivity index (χ1v) is 13.0. The van der Waals surface area contributed by atoms with Gasteiger partial charge in [0.05, 0.1) is 16.7 Å². The van der Waals surface area contributed by atoms with Gasteiger partial charge < -0.3 is 16.5 Å². The predicted molar refractivity (Wildman–Crippen MR) is 146 cm³/mol. The second-order valence-electron chi connectivity index (χ2n) is 9.28. The van der Waals surface area contributed by atoms with Gasteiger partial charge in [0.1, 0.15) is 22.4 Å². The maximum absolute atomic E-state index is 12.6. The number of nitriles is 1. The van der Waals surface area contributed by atoms with Crippen LogP contribution < -0.4 is 17.0 Å². The van der Waals surface area contributed by atoms with Crippen molar-refractivity contribution in [2.45, 2.75) is 77.2 Å². The highest BCUT2D eigenvalue weighted by molar-refractivity contribution is 7.82. The Labute approximate surface area is 212 Å². The molecule has 1 heterocycles. The topological polar surface area (TPSA) is 141 Å². The molecule has 8 nitrogen and oxygen atoms in total. The van der Waals surface area contributed by atoms with Crippen molar-refractivity contribution in [1.29, 1.82) is 5.26 Å². The number of aromatic nitrogens is 1. The Bertz CT molecular complexity index is 1080.